The van der Waals surface area contributed by atoms with E-state index in [0.717, 1.165) is 24.2 Å². The monoisotopic (exact) mass is 191 g/mol. The van der Waals surface area contributed by atoms with Gasteiger partial charge >= 0.3 is 0 Å². The molecule has 4 heteroatoms. The number of benzene rings is 1. The Bertz CT molecular complexity index is 376. The van der Waals surface area contributed by atoms with Gasteiger partial charge in [0.05, 0.1) is 11.3 Å². The number of hydrogen-bond acceptors (Lipinski definition) is 3. The third-order valence-electron chi connectivity index (χ3n) is 2.52. The number of hydrogen-bond donors (Lipinski definition) is 3. The van der Waals surface area contributed by atoms with Crippen molar-refractivity contribution in [1.29, 1.82) is 0 Å². The zero-order valence-electron chi connectivity index (χ0n) is 7.79. The Morgan fingerprint density at radius 1 is 1.50 bits per heavy atom. The van der Waals surface area contributed by atoms with Crippen LogP contribution < -0.4 is 16.8 Å². The van der Waals surface area contributed by atoms with Crippen LogP contribution in [0, 0.1) is 0 Å². The molecular formula is C10H13N3O. The number of amides is 1. The number of fused-ring (bicyclic) bond motifs is 1. The number of carbonyl (C=O) groups is 1. The van der Waals surface area contributed by atoms with E-state index in [1.54, 1.807) is 6.07 Å². The van der Waals surface area contributed by atoms with Crippen molar-refractivity contribution in [1.82, 2.24) is 0 Å². The fourth-order valence-electron chi connectivity index (χ4n) is 1.79. The molecule has 5 N–H and O–H groups in total. The molecular weight excluding hydrogens is 178 g/mol. The minimum atomic E-state index is -0.413. The van der Waals surface area contributed by atoms with E-state index in [9.17, 15) is 4.79 Å². The number of nitrogens with one attached hydrogen (secondary N) is 1. The molecule has 0 spiro atoms. The first-order valence-electron chi connectivity index (χ1n) is 4.62. The van der Waals surface area contributed by atoms with E-state index in [4.69, 9.17) is 11.5 Å². The topological polar surface area (TPSA) is 81.1 Å². The summed E-state index contributed by atoms with van der Waals surface area (Å²) in [7, 11) is 0. The zero-order valence-corrected chi connectivity index (χ0v) is 7.79. The lowest BCUT2D eigenvalue weighted by Crippen LogP contribution is -2.25. The molecule has 1 aromatic rings. The lowest BCUT2D eigenvalue weighted by Gasteiger charge is -2.25. The van der Waals surface area contributed by atoms with Crippen molar-refractivity contribution in [3.8, 4) is 0 Å². The van der Waals surface area contributed by atoms with Crippen molar-refractivity contribution in [2.24, 2.45) is 11.5 Å². The maximum absolute atomic E-state index is 11.1. The summed E-state index contributed by atoms with van der Waals surface area (Å²) in [6, 6.07) is 5.46. The fraction of sp³-hybridized carbons (Fsp3) is 0.300. The van der Waals surface area contributed by atoms with E-state index >= 15 is 0 Å². The van der Waals surface area contributed by atoms with Crippen LogP contribution in [0.1, 0.15) is 28.4 Å². The molecule has 0 radical (unpaired) electrons. The van der Waals surface area contributed by atoms with Crippen LogP contribution in [0.4, 0.5) is 5.69 Å². The van der Waals surface area contributed by atoms with E-state index < -0.39 is 5.91 Å². The van der Waals surface area contributed by atoms with Crippen LogP contribution in [0.15, 0.2) is 18.2 Å². The van der Waals surface area contributed by atoms with Crippen LogP contribution in [0.2, 0.25) is 0 Å². The quantitative estimate of drug-likeness (QED) is 0.608. The van der Waals surface area contributed by atoms with Crippen molar-refractivity contribution in [2.45, 2.75) is 12.5 Å². The predicted octanol–water partition coefficient (Wildman–Crippen LogP) is 0.601. The molecule has 4 nitrogen and oxygen atoms in total. The van der Waals surface area contributed by atoms with E-state index in [-0.39, 0.29) is 6.04 Å². The van der Waals surface area contributed by atoms with Crippen LogP contribution in [-0.4, -0.2) is 12.5 Å². The summed E-state index contributed by atoms with van der Waals surface area (Å²) in [6.07, 6.45) is 0.884. The van der Waals surface area contributed by atoms with Gasteiger partial charge in [0.15, 0.2) is 0 Å². The zero-order chi connectivity index (χ0) is 10.1. The summed E-state index contributed by atoms with van der Waals surface area (Å²) in [5, 5.41) is 3.16. The molecule has 0 aromatic heterocycles. The maximum atomic E-state index is 11.1. The van der Waals surface area contributed by atoms with Gasteiger partial charge in [0, 0.05) is 12.6 Å². The summed E-state index contributed by atoms with van der Waals surface area (Å²) in [6.45, 7) is 0.790. The van der Waals surface area contributed by atoms with Crippen LogP contribution in [0.5, 0.6) is 0 Å². The molecule has 0 bridgehead atoms. The number of primary amides is 1. The Kier molecular flexibility index (Phi) is 2.13. The molecule has 0 aliphatic carbocycles. The molecule has 2 rings (SSSR count). The van der Waals surface area contributed by atoms with Crippen molar-refractivity contribution in [3.63, 3.8) is 0 Å². The Balaban J connectivity index is 2.55. The van der Waals surface area contributed by atoms with Crippen LogP contribution in [0.3, 0.4) is 0 Å². The fourth-order valence-corrected chi connectivity index (χ4v) is 1.79. The molecule has 14 heavy (non-hydrogen) atoms. The Morgan fingerprint density at radius 3 is 3.00 bits per heavy atom. The van der Waals surface area contributed by atoms with Gasteiger partial charge < -0.3 is 16.8 Å². The Hall–Kier alpha value is -1.55. The average Bonchev–Trinajstić information content (AvgIpc) is 2.17. The van der Waals surface area contributed by atoms with Gasteiger partial charge in [-0.3, -0.25) is 4.79 Å². The summed E-state index contributed by atoms with van der Waals surface area (Å²) in [4.78, 5) is 11.1. The maximum Gasteiger partial charge on any atom is 0.250 e. The molecule has 1 aromatic carbocycles. The third kappa shape index (κ3) is 1.33. The second-order valence-electron chi connectivity index (χ2n) is 3.46. The first kappa shape index (κ1) is 9.02. The number of rotatable bonds is 1. The lowest BCUT2D eigenvalue weighted by molar-refractivity contribution is 0.100. The van der Waals surface area contributed by atoms with Crippen molar-refractivity contribution in [3.05, 3.63) is 29.3 Å². The highest BCUT2D eigenvalue weighted by Gasteiger charge is 2.20. The second-order valence-corrected chi connectivity index (χ2v) is 3.46. The second kappa shape index (κ2) is 3.31. The third-order valence-corrected chi connectivity index (χ3v) is 2.52. The van der Waals surface area contributed by atoms with Gasteiger partial charge in [-0.05, 0) is 18.1 Å². The van der Waals surface area contributed by atoms with Crippen LogP contribution >= 0.6 is 0 Å². The number of nitrogens with two attached hydrogens (primary N) is 2. The number of carbonyl (C=O) groups excluding carboxylic acids is 1. The van der Waals surface area contributed by atoms with Gasteiger partial charge in [-0.2, -0.15) is 0 Å². The molecule has 0 saturated heterocycles. The minimum Gasteiger partial charge on any atom is -0.384 e. The van der Waals surface area contributed by atoms with Gasteiger partial charge in [0.1, 0.15) is 0 Å². The molecule has 0 fully saturated rings. The largest absolute Gasteiger partial charge is 0.384 e. The van der Waals surface area contributed by atoms with Crippen molar-refractivity contribution >= 4 is 11.6 Å². The van der Waals surface area contributed by atoms with E-state index in [1.807, 2.05) is 12.1 Å². The summed E-state index contributed by atoms with van der Waals surface area (Å²) in [5.74, 6) is -0.413. The summed E-state index contributed by atoms with van der Waals surface area (Å²) < 4.78 is 0. The highest BCUT2D eigenvalue weighted by atomic mass is 16.1. The molecule has 1 heterocycles. The normalized spacial score (nSPS) is 19.6. The molecule has 1 atom stereocenters. The van der Waals surface area contributed by atoms with Crippen LogP contribution in [-0.2, 0) is 0 Å². The number of anilines is 1. The van der Waals surface area contributed by atoms with Crippen LogP contribution in [0.25, 0.3) is 0 Å². The van der Waals surface area contributed by atoms with Gasteiger partial charge in [-0.1, -0.05) is 12.1 Å². The van der Waals surface area contributed by atoms with Gasteiger partial charge in [-0.25, -0.2) is 0 Å². The molecule has 1 aliphatic heterocycles. The standard InChI is InChI=1S/C10H13N3O/c11-8-4-5-13-9-6(8)2-1-3-7(9)10(12)14/h1-3,8,13H,4-5,11H2,(H2,12,14)/t8-/m1/s1. The first-order valence-corrected chi connectivity index (χ1v) is 4.62. The van der Waals surface area contributed by atoms with E-state index in [1.165, 1.54) is 0 Å². The highest BCUT2D eigenvalue weighted by molar-refractivity contribution is 5.99. The Labute approximate surface area is 82.3 Å². The van der Waals surface area contributed by atoms with Gasteiger partial charge in [0.25, 0.3) is 5.91 Å². The SMILES string of the molecule is NC(=O)c1cccc2c1NCC[C@H]2N. The predicted molar refractivity (Wildman–Crippen MR) is 55.0 cm³/mol. The smallest absolute Gasteiger partial charge is 0.250 e. The van der Waals surface area contributed by atoms with Crippen molar-refractivity contribution in [2.75, 3.05) is 11.9 Å². The lowest BCUT2D eigenvalue weighted by atomic mass is 9.95. The Morgan fingerprint density at radius 2 is 2.29 bits per heavy atom. The van der Waals surface area contributed by atoms with Gasteiger partial charge in [0.2, 0.25) is 0 Å². The molecule has 74 valence electrons. The highest BCUT2D eigenvalue weighted by Crippen LogP contribution is 2.30. The molecule has 0 saturated carbocycles. The molecule has 1 amide bonds. The molecule has 0 unspecified atom stereocenters. The van der Waals surface area contributed by atoms with Gasteiger partial charge in [-0.15, -0.1) is 0 Å². The summed E-state index contributed by atoms with van der Waals surface area (Å²) in [5.41, 5.74) is 13.5. The molecule has 1 aliphatic rings. The average molecular weight is 191 g/mol. The van der Waals surface area contributed by atoms with E-state index in [0.29, 0.717) is 5.56 Å². The first-order chi connectivity index (χ1) is 6.70. The summed E-state index contributed by atoms with van der Waals surface area (Å²) >= 11 is 0. The minimum absolute atomic E-state index is 0.00514. The van der Waals surface area contributed by atoms with E-state index in [2.05, 4.69) is 5.32 Å². The number of para-hydroxylation sites is 1. The van der Waals surface area contributed by atoms with Crippen molar-refractivity contribution < 1.29 is 4.79 Å².